The Hall–Kier alpha value is -1.40. The summed E-state index contributed by atoms with van der Waals surface area (Å²) in [5, 5.41) is 23.3. The van der Waals surface area contributed by atoms with Crippen molar-refractivity contribution in [1.82, 2.24) is 5.32 Å². The molecule has 0 aromatic rings. The van der Waals surface area contributed by atoms with Crippen LogP contribution in [-0.4, -0.2) is 47.4 Å². The third-order valence-electron chi connectivity index (χ3n) is 14.8. The van der Waals surface area contributed by atoms with E-state index in [1.165, 1.54) is 263 Å². The summed E-state index contributed by atoms with van der Waals surface area (Å²) in [7, 11) is 0. The summed E-state index contributed by atoms with van der Waals surface area (Å²) in [5.74, 6) is -0.0393. The van der Waals surface area contributed by atoms with Crippen molar-refractivity contribution in [3.05, 3.63) is 12.2 Å². The highest BCUT2D eigenvalue weighted by Gasteiger charge is 2.20. The number of ether oxygens (including phenoxy) is 1. The normalized spacial score (nSPS) is 12.6. The first kappa shape index (κ1) is 67.6. The summed E-state index contributed by atoms with van der Waals surface area (Å²) in [4.78, 5) is 24.6. The van der Waals surface area contributed by atoms with E-state index in [1.54, 1.807) is 0 Å². The maximum Gasteiger partial charge on any atom is 0.305 e. The second-order valence-corrected chi connectivity index (χ2v) is 21.7. The number of hydrogen-bond acceptors (Lipinski definition) is 5. The molecule has 6 heteroatoms. The molecule has 69 heavy (non-hydrogen) atoms. The van der Waals surface area contributed by atoms with Crippen LogP contribution in [0.3, 0.4) is 0 Å². The lowest BCUT2D eigenvalue weighted by Crippen LogP contribution is -2.45. The third-order valence-corrected chi connectivity index (χ3v) is 14.8. The first-order valence-electron chi connectivity index (χ1n) is 31.4. The molecule has 0 aromatic carbocycles. The van der Waals surface area contributed by atoms with Crippen molar-refractivity contribution in [2.24, 2.45) is 0 Å². The molecule has 0 fully saturated rings. The number of carbonyl (C=O) groups is 2. The summed E-state index contributed by atoms with van der Waals surface area (Å²) < 4.78 is 5.48. The van der Waals surface area contributed by atoms with Gasteiger partial charge in [-0.3, -0.25) is 9.59 Å². The summed E-state index contributed by atoms with van der Waals surface area (Å²) in [6.45, 7) is 4.97. The molecule has 0 rings (SSSR count). The fourth-order valence-corrected chi connectivity index (χ4v) is 9.99. The van der Waals surface area contributed by atoms with Gasteiger partial charge in [0, 0.05) is 12.8 Å². The van der Waals surface area contributed by atoms with Gasteiger partial charge in [-0.05, 0) is 51.4 Å². The lowest BCUT2D eigenvalue weighted by Gasteiger charge is -2.22. The van der Waals surface area contributed by atoms with Crippen LogP contribution in [0.1, 0.15) is 354 Å². The van der Waals surface area contributed by atoms with Crippen LogP contribution in [0.2, 0.25) is 0 Å². The number of carbonyl (C=O) groups excluding carboxylic acids is 2. The Labute approximate surface area is 431 Å². The van der Waals surface area contributed by atoms with Crippen LogP contribution in [0.25, 0.3) is 0 Å². The number of aliphatic hydroxyl groups is 2. The van der Waals surface area contributed by atoms with Crippen molar-refractivity contribution in [2.75, 3.05) is 13.2 Å². The smallest absolute Gasteiger partial charge is 0.305 e. The molecular weight excluding hydrogens is 851 g/mol. The Bertz CT molecular complexity index is 1030. The van der Waals surface area contributed by atoms with E-state index >= 15 is 0 Å². The summed E-state index contributed by atoms with van der Waals surface area (Å²) in [6.07, 6.45) is 70.7. The summed E-state index contributed by atoms with van der Waals surface area (Å²) in [5.41, 5.74) is 0. The van der Waals surface area contributed by atoms with Crippen molar-refractivity contribution >= 4 is 11.9 Å². The fourth-order valence-electron chi connectivity index (χ4n) is 9.99. The molecule has 3 N–H and O–H groups in total. The average molecular weight is 975 g/mol. The second-order valence-electron chi connectivity index (χ2n) is 21.7. The van der Waals surface area contributed by atoms with Crippen LogP contribution in [0.5, 0.6) is 0 Å². The van der Waals surface area contributed by atoms with Crippen LogP contribution >= 0.6 is 0 Å². The molecule has 0 spiro atoms. The van der Waals surface area contributed by atoms with Crippen molar-refractivity contribution < 1.29 is 24.5 Å². The largest absolute Gasteiger partial charge is 0.466 e. The molecule has 0 aliphatic heterocycles. The quantitative estimate of drug-likeness (QED) is 0.0321. The molecule has 0 aliphatic rings. The van der Waals surface area contributed by atoms with E-state index in [1.807, 2.05) is 0 Å². The van der Waals surface area contributed by atoms with E-state index in [2.05, 4.69) is 31.3 Å². The average Bonchev–Trinajstić information content (AvgIpc) is 3.35. The van der Waals surface area contributed by atoms with Gasteiger partial charge in [0.25, 0.3) is 0 Å². The number of aliphatic hydroxyl groups excluding tert-OH is 2. The molecule has 0 bridgehead atoms. The predicted molar refractivity (Wildman–Crippen MR) is 301 cm³/mol. The van der Waals surface area contributed by atoms with Gasteiger partial charge in [-0.25, -0.2) is 0 Å². The zero-order valence-electron chi connectivity index (χ0n) is 46.8. The molecule has 0 saturated carbocycles. The van der Waals surface area contributed by atoms with Crippen molar-refractivity contribution in [1.29, 1.82) is 0 Å². The topological polar surface area (TPSA) is 95.9 Å². The van der Waals surface area contributed by atoms with Crippen molar-refractivity contribution in [3.8, 4) is 0 Å². The van der Waals surface area contributed by atoms with Crippen LogP contribution in [0.4, 0.5) is 0 Å². The van der Waals surface area contributed by atoms with Crippen molar-refractivity contribution in [3.63, 3.8) is 0 Å². The van der Waals surface area contributed by atoms with Gasteiger partial charge in [0.15, 0.2) is 0 Å². The molecule has 2 unspecified atom stereocenters. The second kappa shape index (κ2) is 59.2. The van der Waals surface area contributed by atoms with Gasteiger partial charge in [0.1, 0.15) is 0 Å². The maximum atomic E-state index is 12.5. The zero-order valence-corrected chi connectivity index (χ0v) is 46.8. The lowest BCUT2D eigenvalue weighted by molar-refractivity contribution is -0.143. The fraction of sp³-hybridized carbons (Fsp3) is 0.937. The minimum Gasteiger partial charge on any atom is -0.466 e. The number of esters is 1. The Kier molecular flexibility index (Phi) is 58.0. The highest BCUT2D eigenvalue weighted by molar-refractivity contribution is 5.76. The summed E-state index contributed by atoms with van der Waals surface area (Å²) >= 11 is 0. The van der Waals surface area contributed by atoms with E-state index in [-0.39, 0.29) is 18.5 Å². The first-order chi connectivity index (χ1) is 34.0. The molecule has 1 amide bonds. The number of unbranched alkanes of at least 4 members (excludes halogenated alkanes) is 46. The maximum absolute atomic E-state index is 12.5. The molecule has 6 nitrogen and oxygen atoms in total. The number of rotatable bonds is 59. The van der Waals surface area contributed by atoms with Crippen LogP contribution in [0, 0.1) is 0 Å². The first-order valence-corrected chi connectivity index (χ1v) is 31.4. The zero-order chi connectivity index (χ0) is 50.0. The number of allylic oxidation sites excluding steroid dienone is 2. The third kappa shape index (κ3) is 55.8. The SMILES string of the molecule is CCCCCCCCCCCCCCCCCCCCCCC(O)C(CO)NC(=O)CCCCCCC/C=C\CCCCCCCCCCCOC(=O)CCCCCCCCCCCCCCCC. The highest BCUT2D eigenvalue weighted by atomic mass is 16.5. The molecule has 0 aromatic heterocycles. The molecule has 0 saturated heterocycles. The Morgan fingerprint density at radius 3 is 1.03 bits per heavy atom. The molecule has 0 heterocycles. The van der Waals surface area contributed by atoms with E-state index in [0.717, 1.165) is 57.8 Å². The Balaban J connectivity index is 3.44. The number of nitrogens with one attached hydrogen (secondary N) is 1. The number of amides is 1. The van der Waals surface area contributed by atoms with Crippen LogP contribution in [-0.2, 0) is 14.3 Å². The molecule has 410 valence electrons. The van der Waals surface area contributed by atoms with E-state index in [9.17, 15) is 19.8 Å². The highest BCUT2D eigenvalue weighted by Crippen LogP contribution is 2.18. The van der Waals surface area contributed by atoms with Gasteiger partial charge >= 0.3 is 5.97 Å². The minimum absolute atomic E-state index is 0.00619. The van der Waals surface area contributed by atoms with Gasteiger partial charge in [-0.2, -0.15) is 0 Å². The lowest BCUT2D eigenvalue weighted by atomic mass is 10.0. The van der Waals surface area contributed by atoms with E-state index < -0.39 is 12.1 Å². The molecular formula is C63H123NO5. The molecule has 0 aliphatic carbocycles. The molecule has 0 radical (unpaired) electrons. The van der Waals surface area contributed by atoms with Gasteiger partial charge < -0.3 is 20.3 Å². The summed E-state index contributed by atoms with van der Waals surface area (Å²) in [6, 6.07) is -0.551. The van der Waals surface area contributed by atoms with Gasteiger partial charge in [0.05, 0.1) is 25.4 Å². The van der Waals surface area contributed by atoms with Gasteiger partial charge in [-0.15, -0.1) is 0 Å². The van der Waals surface area contributed by atoms with Gasteiger partial charge in [0.2, 0.25) is 5.91 Å². The van der Waals surface area contributed by atoms with E-state index in [0.29, 0.717) is 25.9 Å². The van der Waals surface area contributed by atoms with E-state index in [4.69, 9.17) is 4.74 Å². The standard InChI is InChI=1S/C63H123NO5/c1-3-5-7-9-11-13-15-17-19-20-21-22-25-28-31-35-39-43-47-51-55-61(66)60(59-65)64-62(67)56-52-48-44-40-36-32-29-26-23-24-27-30-34-38-42-46-50-54-58-69-63(68)57-53-49-45-41-37-33-18-16-14-12-10-8-6-4-2/h26,29,60-61,65-66H,3-25,27-28,30-59H2,1-2H3,(H,64,67)/b29-26-. The predicted octanol–water partition coefficient (Wildman–Crippen LogP) is 19.6. The number of hydrogen-bond donors (Lipinski definition) is 3. The van der Waals surface area contributed by atoms with Crippen LogP contribution < -0.4 is 5.32 Å². The Morgan fingerprint density at radius 1 is 0.391 bits per heavy atom. The Morgan fingerprint density at radius 2 is 0.681 bits per heavy atom. The monoisotopic (exact) mass is 974 g/mol. The molecule has 2 atom stereocenters. The van der Waals surface area contributed by atoms with Gasteiger partial charge in [-0.1, -0.05) is 302 Å². The van der Waals surface area contributed by atoms with Crippen LogP contribution in [0.15, 0.2) is 12.2 Å². The van der Waals surface area contributed by atoms with Crippen molar-refractivity contribution in [2.45, 2.75) is 366 Å². The minimum atomic E-state index is -0.673.